The molecule has 0 saturated heterocycles. The molecule has 9 rings (SSSR count). The normalized spacial score (nSPS) is 19.7. The quantitative estimate of drug-likeness (QED) is 0.218. The van der Waals surface area contributed by atoms with E-state index < -0.39 is 5.41 Å². The molecule has 3 nitrogen and oxygen atoms in total. The van der Waals surface area contributed by atoms with Crippen molar-refractivity contribution in [3.05, 3.63) is 207 Å². The second-order valence-corrected chi connectivity index (χ2v) is 13.1. The second kappa shape index (κ2) is 10.1. The molecule has 3 heteroatoms. The van der Waals surface area contributed by atoms with Crippen LogP contribution in [0.25, 0.3) is 16.4 Å². The van der Waals surface area contributed by atoms with Gasteiger partial charge in [0.1, 0.15) is 0 Å². The molecule has 46 heavy (non-hydrogen) atoms. The Morgan fingerprint density at radius 2 is 1.04 bits per heavy atom. The largest absolute Gasteiger partial charge is 0.445 e. The molecule has 0 bridgehead atoms. The number of amidine groups is 1. The Labute approximate surface area is 270 Å². The van der Waals surface area contributed by atoms with Crippen LogP contribution in [0.2, 0.25) is 0 Å². The van der Waals surface area contributed by atoms with Gasteiger partial charge in [-0.05, 0) is 67.3 Å². The monoisotopic (exact) mass is 592 g/mol. The average Bonchev–Trinajstić information content (AvgIpc) is 3.42. The first-order valence-corrected chi connectivity index (χ1v) is 16.2. The summed E-state index contributed by atoms with van der Waals surface area (Å²) in [6, 6.07) is 55.0. The summed E-state index contributed by atoms with van der Waals surface area (Å²) in [4.78, 5) is 5.26. The summed E-state index contributed by atoms with van der Waals surface area (Å²) in [6.07, 6.45) is -0.425. The zero-order valence-electron chi connectivity index (χ0n) is 26.0. The first kappa shape index (κ1) is 27.1. The van der Waals surface area contributed by atoms with Crippen LogP contribution in [0.5, 0.6) is 0 Å². The Hall–Kier alpha value is -5.25. The zero-order valence-corrected chi connectivity index (χ0v) is 26.0. The Kier molecular flexibility index (Phi) is 5.97. The lowest BCUT2D eigenvalue weighted by molar-refractivity contribution is 0.488. The van der Waals surface area contributed by atoms with Gasteiger partial charge in [0.15, 0.2) is 0 Å². The predicted molar refractivity (Wildman–Crippen MR) is 187 cm³/mol. The maximum absolute atomic E-state index is 5.26. The second-order valence-electron chi connectivity index (χ2n) is 13.1. The predicted octanol–water partition coefficient (Wildman–Crippen LogP) is 9.81. The van der Waals surface area contributed by atoms with Gasteiger partial charge < -0.3 is 15.6 Å². The highest BCUT2D eigenvalue weighted by Gasteiger charge is 2.53. The number of hydrogen-bond donors (Lipinski definition) is 1. The molecule has 1 heterocycles. The van der Waals surface area contributed by atoms with Gasteiger partial charge in [0.05, 0.1) is 5.41 Å². The number of aliphatic imine (C=N–C) groups is 1. The van der Waals surface area contributed by atoms with E-state index in [4.69, 9.17) is 10.3 Å². The van der Waals surface area contributed by atoms with E-state index in [9.17, 15) is 0 Å². The van der Waals surface area contributed by atoms with Crippen LogP contribution < -0.4 is 5.32 Å². The number of nitrogens with one attached hydrogen (secondary N) is 1. The fraction of sp³-hybridized carbons (Fsp3) is 0.140. The van der Waals surface area contributed by atoms with Gasteiger partial charge in [-0.2, -0.15) is 0 Å². The van der Waals surface area contributed by atoms with Crippen molar-refractivity contribution in [1.29, 1.82) is 0 Å². The molecular formula is C43H34N3-. The molecule has 0 fully saturated rings. The Bertz CT molecular complexity index is 2100. The standard InChI is InChI=1S/C43H34N3/c1-42(2)34-21-11-13-23-36(34)43(37-24-14-12-22-35(37)42)33-20-10-9-19-31(33)32-26-25-30(27-38(32)43)41-45-39(28-15-5-3-6-16-28)44-40(46-41)29-17-7-4-8-18-29/h3-27,39-40,44H,1-2H3/q-1. The lowest BCUT2D eigenvalue weighted by Crippen LogP contribution is -2.40. The van der Waals surface area contributed by atoms with E-state index in [-0.39, 0.29) is 17.7 Å². The summed E-state index contributed by atoms with van der Waals surface area (Å²) in [5.41, 5.74) is 13.4. The van der Waals surface area contributed by atoms with Crippen molar-refractivity contribution < 1.29 is 0 Å². The van der Waals surface area contributed by atoms with Crippen LogP contribution in [0.3, 0.4) is 0 Å². The van der Waals surface area contributed by atoms with Crippen molar-refractivity contribution >= 4 is 5.84 Å². The number of benzene rings is 6. The fourth-order valence-electron chi connectivity index (χ4n) is 8.26. The van der Waals surface area contributed by atoms with Crippen molar-refractivity contribution in [2.45, 2.75) is 37.0 Å². The fourth-order valence-corrected chi connectivity index (χ4v) is 8.26. The van der Waals surface area contributed by atoms with E-state index in [0.29, 0.717) is 0 Å². The maximum atomic E-state index is 5.26. The number of hydrogen-bond acceptors (Lipinski definition) is 2. The Morgan fingerprint density at radius 3 is 1.70 bits per heavy atom. The smallest absolute Gasteiger partial charge is 0.0719 e. The SMILES string of the molecule is CC1(C)c2ccccc2C2(c3ccccc3-c3ccc(C4=NC(c5ccccc5)NC(c5ccccc5)[N-]4)cc32)c2ccccc21. The van der Waals surface area contributed by atoms with Crippen LogP contribution in [0.15, 0.2) is 157 Å². The third kappa shape index (κ3) is 3.79. The number of rotatable bonds is 3. The lowest BCUT2D eigenvalue weighted by Gasteiger charge is -2.47. The topological polar surface area (TPSA) is 38.5 Å². The lowest BCUT2D eigenvalue weighted by atomic mass is 9.55. The highest BCUT2D eigenvalue weighted by atomic mass is 15.3. The van der Waals surface area contributed by atoms with Crippen molar-refractivity contribution in [3.63, 3.8) is 0 Å². The molecule has 2 aliphatic carbocycles. The number of fused-ring (bicyclic) bond motifs is 9. The molecule has 0 aromatic heterocycles. The highest BCUT2D eigenvalue weighted by Crippen LogP contribution is 2.62. The van der Waals surface area contributed by atoms with Gasteiger partial charge in [0.2, 0.25) is 0 Å². The van der Waals surface area contributed by atoms with Crippen LogP contribution in [0, 0.1) is 0 Å². The van der Waals surface area contributed by atoms with Crippen LogP contribution in [0.1, 0.15) is 76.3 Å². The van der Waals surface area contributed by atoms with Crippen molar-refractivity contribution in [2.24, 2.45) is 4.99 Å². The van der Waals surface area contributed by atoms with Crippen molar-refractivity contribution in [3.8, 4) is 11.1 Å². The van der Waals surface area contributed by atoms with E-state index in [1.165, 1.54) is 44.5 Å². The molecule has 6 aromatic rings. The molecule has 2 unspecified atom stereocenters. The summed E-state index contributed by atoms with van der Waals surface area (Å²) in [6.45, 7) is 4.73. The van der Waals surface area contributed by atoms with Crippen molar-refractivity contribution in [1.82, 2.24) is 5.32 Å². The minimum atomic E-state index is -0.449. The summed E-state index contributed by atoms with van der Waals surface area (Å²) in [5.74, 6) is 0.771. The molecule has 0 amide bonds. The molecule has 6 aromatic carbocycles. The van der Waals surface area contributed by atoms with Crippen molar-refractivity contribution in [2.75, 3.05) is 0 Å². The Morgan fingerprint density at radius 1 is 0.522 bits per heavy atom. The Balaban J connectivity index is 1.29. The molecule has 1 spiro atoms. The van der Waals surface area contributed by atoms with Crippen LogP contribution in [-0.4, -0.2) is 5.84 Å². The van der Waals surface area contributed by atoms with Gasteiger partial charge in [-0.1, -0.05) is 165 Å². The summed E-state index contributed by atoms with van der Waals surface area (Å²) >= 11 is 0. The van der Waals surface area contributed by atoms with E-state index in [1.807, 2.05) is 0 Å². The summed E-state index contributed by atoms with van der Waals surface area (Å²) in [7, 11) is 0. The highest BCUT2D eigenvalue weighted by molar-refractivity contribution is 6.10. The van der Waals surface area contributed by atoms with Gasteiger partial charge in [0.25, 0.3) is 0 Å². The molecule has 3 aliphatic rings. The van der Waals surface area contributed by atoms with Crippen LogP contribution >= 0.6 is 0 Å². The molecule has 2 atom stereocenters. The van der Waals surface area contributed by atoms with Crippen LogP contribution in [-0.2, 0) is 10.8 Å². The third-order valence-corrected chi connectivity index (χ3v) is 10.4. The zero-order chi connectivity index (χ0) is 30.9. The molecular weight excluding hydrogens is 558 g/mol. The number of nitrogens with zero attached hydrogens (tertiary/aromatic N) is 2. The van der Waals surface area contributed by atoms with E-state index >= 15 is 0 Å². The van der Waals surface area contributed by atoms with Gasteiger partial charge in [0, 0.05) is 17.7 Å². The first-order chi connectivity index (χ1) is 22.6. The molecule has 1 aliphatic heterocycles. The maximum Gasteiger partial charge on any atom is 0.0719 e. The van der Waals surface area contributed by atoms with Crippen LogP contribution in [0.4, 0.5) is 0 Å². The average molecular weight is 593 g/mol. The minimum absolute atomic E-state index is 0.131. The molecule has 1 N–H and O–H groups in total. The molecule has 222 valence electrons. The molecule has 0 saturated carbocycles. The van der Waals surface area contributed by atoms with E-state index in [1.54, 1.807) is 0 Å². The van der Waals surface area contributed by atoms with Gasteiger partial charge in [-0.25, -0.2) is 0 Å². The van der Waals surface area contributed by atoms with Gasteiger partial charge in [-0.15, -0.1) is 0 Å². The minimum Gasteiger partial charge on any atom is -0.445 e. The summed E-state index contributed by atoms with van der Waals surface area (Å²) in [5, 5.41) is 8.95. The van der Waals surface area contributed by atoms with Gasteiger partial charge >= 0.3 is 0 Å². The first-order valence-electron chi connectivity index (χ1n) is 16.2. The summed E-state index contributed by atoms with van der Waals surface area (Å²) < 4.78 is 0. The third-order valence-electron chi connectivity index (χ3n) is 10.4. The van der Waals surface area contributed by atoms with Gasteiger partial charge in [-0.3, -0.25) is 0 Å². The van der Waals surface area contributed by atoms with E-state index in [0.717, 1.165) is 22.5 Å². The van der Waals surface area contributed by atoms with E-state index in [2.05, 4.69) is 171 Å². The molecule has 0 radical (unpaired) electrons.